The average Bonchev–Trinajstić information content (AvgIpc) is 2.22. The molecule has 0 aromatic heterocycles. The molecule has 1 aliphatic heterocycles. The second-order valence-electron chi connectivity index (χ2n) is 3.68. The fraction of sp³-hybridized carbons (Fsp3) is 0.364. The van der Waals surface area contributed by atoms with Crippen LogP contribution in [0, 0.1) is 5.82 Å². The molecule has 2 rings (SSSR count). The molecule has 1 aliphatic rings. The summed E-state index contributed by atoms with van der Waals surface area (Å²) in [6, 6.07) is 2.91. The maximum Gasteiger partial charge on any atom is 0.137 e. The van der Waals surface area contributed by atoms with Crippen LogP contribution in [0.2, 0.25) is 0 Å². The largest absolute Gasteiger partial charge is 0.490 e. The van der Waals surface area contributed by atoms with Gasteiger partial charge in [0.2, 0.25) is 0 Å². The predicted octanol–water partition coefficient (Wildman–Crippen LogP) is 3.04. The van der Waals surface area contributed by atoms with Gasteiger partial charge in [0.25, 0.3) is 0 Å². The third-order valence-electron chi connectivity index (χ3n) is 2.54. The van der Waals surface area contributed by atoms with Crippen molar-refractivity contribution in [3.63, 3.8) is 0 Å². The molecule has 1 heterocycles. The molecular weight excluding hydrogens is 263 g/mol. The van der Waals surface area contributed by atoms with Gasteiger partial charge in [-0.15, -0.1) is 0 Å². The van der Waals surface area contributed by atoms with Crippen LogP contribution in [-0.4, -0.2) is 12.4 Å². The molecule has 0 N–H and O–H groups in total. The summed E-state index contributed by atoms with van der Waals surface area (Å²) in [5, 5.41) is 0. The van der Waals surface area contributed by atoms with E-state index in [4.69, 9.17) is 4.74 Å². The molecule has 80 valence electrons. The van der Waals surface area contributed by atoms with Crippen LogP contribution in [0.25, 0.3) is 0 Å². The van der Waals surface area contributed by atoms with Gasteiger partial charge in [0.15, 0.2) is 0 Å². The van der Waals surface area contributed by atoms with Crippen molar-refractivity contribution in [2.45, 2.75) is 25.4 Å². The normalized spacial score (nSPS) is 24.2. The van der Waals surface area contributed by atoms with E-state index in [0.29, 0.717) is 22.2 Å². The molecule has 4 heteroatoms. The Morgan fingerprint density at radius 3 is 3.00 bits per heavy atom. The molecule has 2 unspecified atom stereocenters. The Hall–Kier alpha value is -0.900. The first kappa shape index (κ1) is 10.6. The summed E-state index contributed by atoms with van der Waals surface area (Å²) in [4.78, 5) is 10.9. The number of fused-ring (bicyclic) bond motifs is 1. The highest BCUT2D eigenvalue weighted by Crippen LogP contribution is 2.40. The lowest BCUT2D eigenvalue weighted by Crippen LogP contribution is -2.24. The standard InChI is InChI=1S/C11H10BrFO2/c1-6-4-7(5-14)10-9(15-6)3-2-8(13)11(10)12/h2-3,5-7H,4H2,1H3. The van der Waals surface area contributed by atoms with Crippen molar-refractivity contribution < 1.29 is 13.9 Å². The van der Waals surface area contributed by atoms with E-state index in [1.807, 2.05) is 6.92 Å². The van der Waals surface area contributed by atoms with Gasteiger partial charge in [-0.25, -0.2) is 4.39 Å². The molecule has 0 amide bonds. The number of ether oxygens (including phenoxy) is 1. The SMILES string of the molecule is CC1CC(C=O)c2c(ccc(F)c2Br)O1. The van der Waals surface area contributed by atoms with E-state index < -0.39 is 0 Å². The first-order chi connectivity index (χ1) is 7.13. The quantitative estimate of drug-likeness (QED) is 0.735. The van der Waals surface area contributed by atoms with Crippen LogP contribution in [0.15, 0.2) is 16.6 Å². The number of hydrogen-bond acceptors (Lipinski definition) is 2. The van der Waals surface area contributed by atoms with Crippen molar-refractivity contribution >= 4 is 22.2 Å². The number of hydrogen-bond donors (Lipinski definition) is 0. The van der Waals surface area contributed by atoms with E-state index >= 15 is 0 Å². The van der Waals surface area contributed by atoms with E-state index in [2.05, 4.69) is 15.9 Å². The molecule has 2 nitrogen and oxygen atoms in total. The third-order valence-corrected chi connectivity index (χ3v) is 3.35. The first-order valence-corrected chi connectivity index (χ1v) is 5.52. The summed E-state index contributed by atoms with van der Waals surface area (Å²) in [5.41, 5.74) is 0.628. The minimum atomic E-state index is -0.362. The predicted molar refractivity (Wildman–Crippen MR) is 57.6 cm³/mol. The van der Waals surface area contributed by atoms with Gasteiger partial charge in [-0.05, 0) is 41.4 Å². The molecule has 0 saturated carbocycles. The lowest BCUT2D eigenvalue weighted by Gasteiger charge is -2.28. The third kappa shape index (κ3) is 1.78. The average molecular weight is 273 g/mol. The fourth-order valence-electron chi connectivity index (χ4n) is 1.86. The Bertz CT molecular complexity index is 406. The number of benzene rings is 1. The zero-order chi connectivity index (χ0) is 11.0. The van der Waals surface area contributed by atoms with Crippen LogP contribution in [0.5, 0.6) is 5.75 Å². The van der Waals surface area contributed by atoms with Crippen LogP contribution in [0.3, 0.4) is 0 Å². The molecule has 0 saturated heterocycles. The van der Waals surface area contributed by atoms with Gasteiger partial charge >= 0.3 is 0 Å². The summed E-state index contributed by atoms with van der Waals surface area (Å²) in [5.74, 6) is -0.0493. The van der Waals surface area contributed by atoms with Crippen molar-refractivity contribution in [1.82, 2.24) is 0 Å². The Morgan fingerprint density at radius 1 is 1.60 bits per heavy atom. The van der Waals surface area contributed by atoms with Crippen LogP contribution in [0.1, 0.15) is 24.8 Å². The summed E-state index contributed by atoms with van der Waals surface area (Å²) >= 11 is 3.15. The maximum absolute atomic E-state index is 13.3. The molecule has 0 fully saturated rings. The lowest BCUT2D eigenvalue weighted by atomic mass is 9.91. The van der Waals surface area contributed by atoms with Crippen LogP contribution in [0.4, 0.5) is 4.39 Å². The minimum absolute atomic E-state index is 0.00920. The Kier molecular flexibility index (Phi) is 2.78. The number of halogens is 2. The second kappa shape index (κ2) is 3.93. The molecule has 0 radical (unpaired) electrons. The molecule has 0 spiro atoms. The van der Waals surface area contributed by atoms with Crippen molar-refractivity contribution in [1.29, 1.82) is 0 Å². The number of rotatable bonds is 1. The van der Waals surface area contributed by atoms with Crippen molar-refractivity contribution in [3.05, 3.63) is 28.0 Å². The van der Waals surface area contributed by atoms with Gasteiger partial charge < -0.3 is 9.53 Å². The fourth-order valence-corrected chi connectivity index (χ4v) is 2.48. The number of carbonyl (C=O) groups excluding carboxylic acids is 1. The van der Waals surface area contributed by atoms with Crippen LogP contribution >= 0.6 is 15.9 Å². The smallest absolute Gasteiger partial charge is 0.137 e. The highest BCUT2D eigenvalue weighted by Gasteiger charge is 2.28. The van der Waals surface area contributed by atoms with Gasteiger partial charge in [-0.3, -0.25) is 0 Å². The van der Waals surface area contributed by atoms with E-state index in [-0.39, 0.29) is 17.8 Å². The number of aldehydes is 1. The Balaban J connectivity index is 2.57. The highest BCUT2D eigenvalue weighted by molar-refractivity contribution is 9.10. The van der Waals surface area contributed by atoms with Gasteiger partial charge in [0.1, 0.15) is 17.9 Å². The monoisotopic (exact) mass is 272 g/mol. The Labute approximate surface area is 95.6 Å². The zero-order valence-electron chi connectivity index (χ0n) is 8.17. The molecule has 1 aromatic rings. The molecule has 0 aliphatic carbocycles. The molecule has 1 aromatic carbocycles. The highest BCUT2D eigenvalue weighted by atomic mass is 79.9. The second-order valence-corrected chi connectivity index (χ2v) is 4.47. The summed E-state index contributed by atoms with van der Waals surface area (Å²) in [6.07, 6.45) is 1.44. The summed E-state index contributed by atoms with van der Waals surface area (Å²) in [7, 11) is 0. The van der Waals surface area contributed by atoms with Gasteiger partial charge in [-0.2, -0.15) is 0 Å². The van der Waals surface area contributed by atoms with Gasteiger partial charge in [0, 0.05) is 11.5 Å². The van der Waals surface area contributed by atoms with Crippen molar-refractivity contribution in [2.24, 2.45) is 0 Å². The van der Waals surface area contributed by atoms with Gasteiger partial charge in [-0.1, -0.05) is 0 Å². The zero-order valence-corrected chi connectivity index (χ0v) is 9.75. The summed E-state index contributed by atoms with van der Waals surface area (Å²) in [6.45, 7) is 1.90. The van der Waals surface area contributed by atoms with E-state index in [0.717, 1.165) is 6.29 Å². The van der Waals surface area contributed by atoms with Crippen molar-refractivity contribution in [3.8, 4) is 5.75 Å². The topological polar surface area (TPSA) is 26.3 Å². The van der Waals surface area contributed by atoms with Gasteiger partial charge in [0.05, 0.1) is 10.6 Å². The Morgan fingerprint density at radius 2 is 2.33 bits per heavy atom. The van der Waals surface area contributed by atoms with E-state index in [9.17, 15) is 9.18 Å². The number of carbonyl (C=O) groups is 1. The molecule has 0 bridgehead atoms. The van der Waals surface area contributed by atoms with E-state index in [1.165, 1.54) is 6.07 Å². The molecule has 2 atom stereocenters. The molecule has 15 heavy (non-hydrogen) atoms. The lowest BCUT2D eigenvalue weighted by molar-refractivity contribution is -0.110. The maximum atomic E-state index is 13.3. The first-order valence-electron chi connectivity index (χ1n) is 4.73. The minimum Gasteiger partial charge on any atom is -0.490 e. The van der Waals surface area contributed by atoms with E-state index in [1.54, 1.807) is 6.07 Å². The van der Waals surface area contributed by atoms with Crippen LogP contribution in [-0.2, 0) is 4.79 Å². The van der Waals surface area contributed by atoms with Crippen LogP contribution < -0.4 is 4.74 Å². The van der Waals surface area contributed by atoms with Crippen molar-refractivity contribution in [2.75, 3.05) is 0 Å². The summed E-state index contributed by atoms with van der Waals surface area (Å²) < 4.78 is 19.2. The molecular formula is C11H10BrFO2.